The first-order valence-electron chi connectivity index (χ1n) is 6.12. The number of rotatable bonds is 6. The van der Waals surface area contributed by atoms with Crippen LogP contribution in [0.1, 0.15) is 51.9 Å². The topological polar surface area (TPSA) is 0 Å². The maximum absolute atomic E-state index is 3.80. The molecule has 0 radical (unpaired) electrons. The Kier molecular flexibility index (Phi) is 29.8. The Morgan fingerprint density at radius 3 is 1.76 bits per heavy atom. The summed E-state index contributed by atoms with van der Waals surface area (Å²) >= 11 is 0. The van der Waals surface area contributed by atoms with Gasteiger partial charge in [0.2, 0.25) is 0 Å². The van der Waals surface area contributed by atoms with E-state index in [4.69, 9.17) is 0 Å². The van der Waals surface area contributed by atoms with Crippen LogP contribution in [0.2, 0.25) is 0 Å². The van der Waals surface area contributed by atoms with Gasteiger partial charge in [-0.25, -0.2) is 0 Å². The maximum Gasteiger partial charge on any atom is 2.00 e. The molecule has 0 bridgehead atoms. The van der Waals surface area contributed by atoms with Crippen LogP contribution in [0.3, 0.4) is 0 Å². The minimum Gasteiger partial charge on any atom is -0.343 e. The van der Waals surface area contributed by atoms with Crippen LogP contribution in [0, 0.1) is 13.0 Å². The van der Waals surface area contributed by atoms with Crippen molar-refractivity contribution in [2.75, 3.05) is 0 Å². The van der Waals surface area contributed by atoms with Crippen molar-refractivity contribution >= 4 is 51.2 Å². The average Bonchev–Trinajstić information content (AvgIpc) is 2.32. The van der Waals surface area contributed by atoms with Crippen LogP contribution in [-0.4, -0.2) is 37.7 Å². The van der Waals surface area contributed by atoms with Gasteiger partial charge in [-0.15, -0.1) is 0 Å². The van der Waals surface area contributed by atoms with Crippen molar-refractivity contribution in [3.63, 3.8) is 0 Å². The van der Waals surface area contributed by atoms with Crippen LogP contribution in [0.5, 0.6) is 0 Å². The molecule has 0 atom stereocenters. The summed E-state index contributed by atoms with van der Waals surface area (Å²) in [4.78, 5) is 0. The van der Waals surface area contributed by atoms with E-state index in [0.29, 0.717) is 0 Å². The van der Waals surface area contributed by atoms with E-state index in [-0.39, 0.29) is 51.2 Å². The third kappa shape index (κ3) is 22.5. The molecule has 0 amide bonds. The fraction of sp³-hybridized carbons (Fsp3) is 0.533. The van der Waals surface area contributed by atoms with Gasteiger partial charge in [-0.3, -0.25) is 0 Å². The smallest absolute Gasteiger partial charge is 0.343 e. The maximum atomic E-state index is 3.80. The van der Waals surface area contributed by atoms with Crippen LogP contribution in [-0.2, 0) is 0 Å². The van der Waals surface area contributed by atoms with Gasteiger partial charge in [-0.05, 0) is 0 Å². The van der Waals surface area contributed by atoms with Crippen molar-refractivity contribution in [2.24, 2.45) is 0 Å². The van der Waals surface area contributed by atoms with Crippen LogP contribution in [0.15, 0.2) is 30.3 Å². The molecule has 0 saturated heterocycles. The SMILES string of the molecule is S.[CH2-]CCCCCCCC.[Ca+2].[c-]1ccccc1. The monoisotopic (exact) mass is 278 g/mol. The summed E-state index contributed by atoms with van der Waals surface area (Å²) in [5.74, 6) is 0. The first-order chi connectivity index (χ1) is 7.41. The van der Waals surface area contributed by atoms with Gasteiger partial charge in [0.05, 0.1) is 0 Å². The van der Waals surface area contributed by atoms with Crippen LogP contribution >= 0.6 is 13.5 Å². The Morgan fingerprint density at radius 2 is 1.41 bits per heavy atom. The third-order valence-electron chi connectivity index (χ3n) is 2.21. The Balaban J connectivity index is -0.000000216. The molecule has 0 aliphatic heterocycles. The van der Waals surface area contributed by atoms with Crippen molar-refractivity contribution in [1.82, 2.24) is 0 Å². The molecule has 1 rings (SSSR count). The second-order valence-electron chi connectivity index (χ2n) is 3.70. The Morgan fingerprint density at radius 1 is 0.882 bits per heavy atom. The van der Waals surface area contributed by atoms with E-state index in [9.17, 15) is 0 Å². The van der Waals surface area contributed by atoms with E-state index in [1.165, 1.54) is 38.5 Å². The van der Waals surface area contributed by atoms with Gasteiger partial charge < -0.3 is 6.92 Å². The fourth-order valence-electron chi connectivity index (χ4n) is 1.30. The Bertz CT molecular complexity index is 157. The summed E-state index contributed by atoms with van der Waals surface area (Å²) in [6.07, 6.45) is 9.45. The number of benzene rings is 1. The van der Waals surface area contributed by atoms with Gasteiger partial charge in [0.1, 0.15) is 0 Å². The second-order valence-corrected chi connectivity index (χ2v) is 3.70. The minimum absolute atomic E-state index is 0. The standard InChI is InChI=1S/C9H19.C6H5.Ca.H2S/c1-3-5-7-9-8-6-4-2;1-2-4-6-5-3-1;;/h1,3-9H2,2H3;1-5H;;1H2/q2*-1;+2;. The molecule has 0 nitrogen and oxygen atoms in total. The van der Waals surface area contributed by atoms with E-state index < -0.39 is 0 Å². The molecule has 0 N–H and O–H groups in total. The van der Waals surface area contributed by atoms with E-state index in [0.717, 1.165) is 6.42 Å². The van der Waals surface area contributed by atoms with Crippen molar-refractivity contribution < 1.29 is 0 Å². The summed E-state index contributed by atoms with van der Waals surface area (Å²) in [7, 11) is 0. The number of hydrogen-bond acceptors (Lipinski definition) is 0. The van der Waals surface area contributed by atoms with Gasteiger partial charge in [0.25, 0.3) is 0 Å². The molecule has 0 saturated carbocycles. The van der Waals surface area contributed by atoms with E-state index in [1.807, 2.05) is 30.3 Å². The minimum atomic E-state index is 0. The normalized spacial score (nSPS) is 8.12. The molecule has 17 heavy (non-hydrogen) atoms. The zero-order valence-electron chi connectivity index (χ0n) is 11.3. The molecule has 2 heteroatoms. The quantitative estimate of drug-likeness (QED) is 0.399. The summed E-state index contributed by atoms with van der Waals surface area (Å²) < 4.78 is 0. The first-order valence-corrected chi connectivity index (χ1v) is 6.12. The van der Waals surface area contributed by atoms with E-state index in [1.54, 1.807) is 0 Å². The molecule has 1 aromatic carbocycles. The predicted molar refractivity (Wildman–Crippen MR) is 84.8 cm³/mol. The molecule has 0 heterocycles. The third-order valence-corrected chi connectivity index (χ3v) is 2.21. The van der Waals surface area contributed by atoms with E-state index in [2.05, 4.69) is 19.9 Å². The van der Waals surface area contributed by atoms with Crippen molar-refractivity contribution in [3.8, 4) is 0 Å². The summed E-state index contributed by atoms with van der Waals surface area (Å²) in [5, 5.41) is 0. The molecule has 0 fully saturated rings. The molecule has 0 aromatic heterocycles. The van der Waals surface area contributed by atoms with Gasteiger partial charge in [0, 0.05) is 0 Å². The zero-order valence-corrected chi connectivity index (χ0v) is 14.5. The van der Waals surface area contributed by atoms with Gasteiger partial charge in [-0.1, -0.05) is 45.4 Å². The average molecular weight is 279 g/mol. The molecule has 0 spiro atoms. The van der Waals surface area contributed by atoms with Gasteiger partial charge in [-0.2, -0.15) is 56.3 Å². The summed E-state index contributed by atoms with van der Waals surface area (Å²) in [6, 6.07) is 12.5. The molecular formula is C15H26CaS. The van der Waals surface area contributed by atoms with Crippen LogP contribution in [0.4, 0.5) is 0 Å². The summed E-state index contributed by atoms with van der Waals surface area (Å²) in [6.45, 7) is 6.05. The largest absolute Gasteiger partial charge is 2.00 e. The molecule has 0 unspecified atom stereocenters. The summed E-state index contributed by atoms with van der Waals surface area (Å²) in [5.41, 5.74) is 0. The molecule has 0 aliphatic rings. The van der Waals surface area contributed by atoms with Crippen LogP contribution < -0.4 is 0 Å². The molecule has 1 aromatic rings. The Labute approximate surface area is 145 Å². The fourth-order valence-corrected chi connectivity index (χ4v) is 1.30. The van der Waals surface area contributed by atoms with Crippen molar-refractivity contribution in [3.05, 3.63) is 43.3 Å². The zero-order chi connectivity index (χ0) is 11.2. The predicted octanol–water partition coefficient (Wildman–Crippen LogP) is 4.79. The van der Waals surface area contributed by atoms with Gasteiger partial charge in [0.15, 0.2) is 0 Å². The number of hydrogen-bond donors (Lipinski definition) is 0. The van der Waals surface area contributed by atoms with Gasteiger partial charge >= 0.3 is 37.7 Å². The molecule has 0 aliphatic carbocycles. The van der Waals surface area contributed by atoms with E-state index >= 15 is 0 Å². The first kappa shape index (κ1) is 23.0. The van der Waals surface area contributed by atoms with Crippen molar-refractivity contribution in [1.29, 1.82) is 0 Å². The number of unbranched alkanes of at least 4 members (excludes halogenated alkanes) is 6. The Hall–Kier alpha value is 0.830. The van der Waals surface area contributed by atoms with Crippen molar-refractivity contribution in [2.45, 2.75) is 51.9 Å². The molecule has 94 valence electrons. The molecular weight excluding hydrogens is 252 g/mol. The van der Waals surface area contributed by atoms with Crippen LogP contribution in [0.25, 0.3) is 0 Å². The second kappa shape index (κ2) is 22.0.